The van der Waals surface area contributed by atoms with Gasteiger partial charge in [0.25, 0.3) is 5.91 Å². The Bertz CT molecular complexity index is 942. The zero-order valence-electron chi connectivity index (χ0n) is 12.5. The van der Waals surface area contributed by atoms with E-state index in [2.05, 4.69) is 10.3 Å². The van der Waals surface area contributed by atoms with Gasteiger partial charge in [0.05, 0.1) is 10.0 Å². The van der Waals surface area contributed by atoms with Crippen molar-refractivity contribution in [3.05, 3.63) is 78.7 Å². The number of carbonyl (C=O) groups excluding carboxylic acids is 1. The summed E-state index contributed by atoms with van der Waals surface area (Å²) < 4.78 is 0. The quantitative estimate of drug-likeness (QED) is 0.505. The van der Waals surface area contributed by atoms with Crippen LogP contribution < -0.4 is 5.32 Å². The van der Waals surface area contributed by atoms with Gasteiger partial charge in [-0.05, 0) is 42.0 Å². The molecule has 2 aromatic carbocycles. The highest BCUT2D eigenvalue weighted by atomic mass is 35.5. The smallest absolute Gasteiger partial charge is 0.257 e. The highest BCUT2D eigenvalue weighted by molar-refractivity contribution is 7.15. The number of carbonyl (C=O) groups is 1. The van der Waals surface area contributed by atoms with E-state index in [1.165, 1.54) is 17.4 Å². The molecular weight excluding hydrogens is 422 g/mol. The lowest BCUT2D eigenvalue weighted by molar-refractivity contribution is 0.102. The SMILES string of the molecule is O=C(Nc1ncc(Cc2cc(Cl)ccc2Cl)s1)c1ccc(Cl)c(Cl)c1. The van der Waals surface area contributed by atoms with Crippen LogP contribution in [0.15, 0.2) is 42.6 Å². The summed E-state index contributed by atoms with van der Waals surface area (Å²) in [5.41, 5.74) is 1.31. The van der Waals surface area contributed by atoms with Gasteiger partial charge in [-0.3, -0.25) is 10.1 Å². The standard InChI is InChI=1S/C17H10Cl4N2OS/c18-11-2-4-13(19)10(5-11)6-12-8-22-17(25-12)23-16(24)9-1-3-14(20)15(21)7-9/h1-5,7-8H,6H2,(H,22,23,24). The fourth-order valence-electron chi connectivity index (χ4n) is 2.12. The monoisotopic (exact) mass is 430 g/mol. The Morgan fingerprint density at radius 3 is 2.52 bits per heavy atom. The topological polar surface area (TPSA) is 42.0 Å². The third-order valence-electron chi connectivity index (χ3n) is 3.33. The first-order valence-corrected chi connectivity index (χ1v) is 9.40. The lowest BCUT2D eigenvalue weighted by atomic mass is 10.1. The second kappa shape index (κ2) is 7.94. The molecule has 8 heteroatoms. The average Bonchev–Trinajstić information content (AvgIpc) is 3.00. The molecule has 0 unspecified atom stereocenters. The first-order chi connectivity index (χ1) is 11.9. The van der Waals surface area contributed by atoms with Crippen LogP contribution in [0.4, 0.5) is 5.13 Å². The Labute approximate surface area is 168 Å². The maximum Gasteiger partial charge on any atom is 0.257 e. The Hall–Kier alpha value is -1.30. The zero-order valence-corrected chi connectivity index (χ0v) is 16.4. The third-order valence-corrected chi connectivity index (χ3v) is 5.58. The number of halogens is 4. The lowest BCUT2D eigenvalue weighted by Gasteiger charge is -2.03. The summed E-state index contributed by atoms with van der Waals surface area (Å²) in [6.45, 7) is 0. The Kier molecular flexibility index (Phi) is 5.87. The molecule has 3 aromatic rings. The molecule has 0 radical (unpaired) electrons. The van der Waals surface area contributed by atoms with E-state index in [0.29, 0.717) is 37.2 Å². The maximum atomic E-state index is 12.3. The summed E-state index contributed by atoms with van der Waals surface area (Å²) >= 11 is 25.3. The molecule has 25 heavy (non-hydrogen) atoms. The van der Waals surface area contributed by atoms with Crippen LogP contribution in [0.5, 0.6) is 0 Å². The number of hydrogen-bond acceptors (Lipinski definition) is 3. The van der Waals surface area contributed by atoms with Crippen molar-refractivity contribution in [2.45, 2.75) is 6.42 Å². The summed E-state index contributed by atoms with van der Waals surface area (Å²) in [6, 6.07) is 10.0. The number of amides is 1. The number of benzene rings is 2. The number of thiazole rings is 1. The summed E-state index contributed by atoms with van der Waals surface area (Å²) in [7, 11) is 0. The number of rotatable bonds is 4. The third kappa shape index (κ3) is 4.66. The van der Waals surface area contributed by atoms with E-state index in [0.717, 1.165) is 10.4 Å². The largest absolute Gasteiger partial charge is 0.298 e. The van der Waals surface area contributed by atoms with Gasteiger partial charge in [0.15, 0.2) is 5.13 Å². The molecule has 0 aliphatic rings. The molecule has 128 valence electrons. The zero-order chi connectivity index (χ0) is 18.0. The molecule has 1 heterocycles. The van der Waals surface area contributed by atoms with Gasteiger partial charge >= 0.3 is 0 Å². The fourth-order valence-corrected chi connectivity index (χ4v) is 3.63. The van der Waals surface area contributed by atoms with E-state index in [1.54, 1.807) is 30.5 Å². The van der Waals surface area contributed by atoms with Gasteiger partial charge in [-0.2, -0.15) is 0 Å². The predicted molar refractivity (Wildman–Crippen MR) is 106 cm³/mol. The summed E-state index contributed by atoms with van der Waals surface area (Å²) in [5, 5.41) is 5.22. The van der Waals surface area contributed by atoms with Crippen LogP contribution in [0.25, 0.3) is 0 Å². The Morgan fingerprint density at radius 1 is 1.00 bits per heavy atom. The van der Waals surface area contributed by atoms with Crippen LogP contribution in [0.1, 0.15) is 20.8 Å². The van der Waals surface area contributed by atoms with Crippen molar-refractivity contribution in [2.75, 3.05) is 5.32 Å². The van der Waals surface area contributed by atoms with E-state index in [9.17, 15) is 4.79 Å². The number of nitrogens with one attached hydrogen (secondary N) is 1. The van der Waals surface area contributed by atoms with Gasteiger partial charge in [0, 0.05) is 33.1 Å². The summed E-state index contributed by atoms with van der Waals surface area (Å²) in [6.07, 6.45) is 2.28. The van der Waals surface area contributed by atoms with E-state index < -0.39 is 0 Å². The molecule has 1 aromatic heterocycles. The number of nitrogens with zero attached hydrogens (tertiary/aromatic N) is 1. The first-order valence-electron chi connectivity index (χ1n) is 7.07. The van der Waals surface area contributed by atoms with Gasteiger partial charge in [0.1, 0.15) is 0 Å². The molecule has 0 aliphatic heterocycles. The first kappa shape index (κ1) is 18.5. The minimum Gasteiger partial charge on any atom is -0.298 e. The molecule has 1 amide bonds. The van der Waals surface area contributed by atoms with Crippen molar-refractivity contribution in [3.8, 4) is 0 Å². The molecule has 3 nitrogen and oxygen atoms in total. The van der Waals surface area contributed by atoms with Crippen LogP contribution in [0.3, 0.4) is 0 Å². The minimum absolute atomic E-state index is 0.305. The van der Waals surface area contributed by atoms with Crippen molar-refractivity contribution in [1.82, 2.24) is 4.98 Å². The molecule has 0 fully saturated rings. The van der Waals surface area contributed by atoms with Crippen molar-refractivity contribution >= 4 is 68.8 Å². The molecule has 1 N–H and O–H groups in total. The Morgan fingerprint density at radius 2 is 1.76 bits per heavy atom. The fraction of sp³-hybridized carbons (Fsp3) is 0.0588. The number of aromatic nitrogens is 1. The van der Waals surface area contributed by atoms with Crippen LogP contribution >= 0.6 is 57.7 Å². The normalized spacial score (nSPS) is 10.7. The molecule has 0 aliphatic carbocycles. The van der Waals surface area contributed by atoms with Crippen molar-refractivity contribution in [3.63, 3.8) is 0 Å². The van der Waals surface area contributed by atoms with E-state index >= 15 is 0 Å². The Balaban J connectivity index is 1.72. The van der Waals surface area contributed by atoms with Gasteiger partial charge in [-0.25, -0.2) is 4.98 Å². The molecule has 3 rings (SSSR count). The van der Waals surface area contributed by atoms with Crippen molar-refractivity contribution in [1.29, 1.82) is 0 Å². The average molecular weight is 432 g/mol. The molecule has 0 bridgehead atoms. The second-order valence-electron chi connectivity index (χ2n) is 5.13. The number of hydrogen-bond donors (Lipinski definition) is 1. The molecular formula is C17H10Cl4N2OS. The molecule has 0 saturated carbocycles. The van der Waals surface area contributed by atoms with Crippen LogP contribution in [0, 0.1) is 0 Å². The van der Waals surface area contributed by atoms with Gasteiger partial charge in [0.2, 0.25) is 0 Å². The molecule has 0 saturated heterocycles. The highest BCUT2D eigenvalue weighted by Gasteiger charge is 2.12. The van der Waals surface area contributed by atoms with Crippen LogP contribution in [-0.2, 0) is 6.42 Å². The summed E-state index contributed by atoms with van der Waals surface area (Å²) in [5.74, 6) is -0.305. The van der Waals surface area contributed by atoms with Crippen molar-refractivity contribution < 1.29 is 4.79 Å². The summed E-state index contributed by atoms with van der Waals surface area (Å²) in [4.78, 5) is 17.4. The van der Waals surface area contributed by atoms with Crippen LogP contribution in [-0.4, -0.2) is 10.9 Å². The van der Waals surface area contributed by atoms with Gasteiger partial charge < -0.3 is 0 Å². The molecule has 0 spiro atoms. The van der Waals surface area contributed by atoms with Gasteiger partial charge in [-0.1, -0.05) is 46.4 Å². The molecule has 0 atom stereocenters. The van der Waals surface area contributed by atoms with E-state index in [1.807, 2.05) is 6.07 Å². The van der Waals surface area contributed by atoms with Crippen LogP contribution in [0.2, 0.25) is 20.1 Å². The predicted octanol–water partition coefficient (Wildman–Crippen LogP) is 6.60. The lowest BCUT2D eigenvalue weighted by Crippen LogP contribution is -2.11. The maximum absolute atomic E-state index is 12.3. The minimum atomic E-state index is -0.305. The van der Waals surface area contributed by atoms with E-state index in [4.69, 9.17) is 46.4 Å². The van der Waals surface area contributed by atoms with Gasteiger partial charge in [-0.15, -0.1) is 11.3 Å². The second-order valence-corrected chi connectivity index (χ2v) is 7.90. The number of anilines is 1. The highest BCUT2D eigenvalue weighted by Crippen LogP contribution is 2.28. The van der Waals surface area contributed by atoms with E-state index in [-0.39, 0.29) is 5.91 Å². The van der Waals surface area contributed by atoms with Crippen molar-refractivity contribution in [2.24, 2.45) is 0 Å².